The first-order chi connectivity index (χ1) is 9.85. The van der Waals surface area contributed by atoms with Gasteiger partial charge in [-0.05, 0) is 52.1 Å². The van der Waals surface area contributed by atoms with E-state index in [9.17, 15) is 0 Å². The van der Waals surface area contributed by atoms with Crippen molar-refractivity contribution in [3.63, 3.8) is 0 Å². The number of rotatable bonds is 4. The molecule has 5 nitrogen and oxygen atoms in total. The fraction of sp³-hybridized carbons (Fsp3) is 0.750. The van der Waals surface area contributed by atoms with Crippen LogP contribution in [0.3, 0.4) is 0 Å². The van der Waals surface area contributed by atoms with E-state index in [-0.39, 0.29) is 5.54 Å². The van der Waals surface area contributed by atoms with E-state index < -0.39 is 0 Å². The molecule has 1 aliphatic rings. The first kappa shape index (κ1) is 16.0. The fourth-order valence-corrected chi connectivity index (χ4v) is 2.55. The van der Waals surface area contributed by atoms with E-state index in [0.717, 1.165) is 37.3 Å². The molecule has 0 aromatic carbocycles. The minimum Gasteiger partial charge on any atom is -0.356 e. The molecule has 1 aromatic rings. The van der Waals surface area contributed by atoms with Gasteiger partial charge in [0, 0.05) is 38.9 Å². The number of aromatic nitrogens is 2. The maximum Gasteiger partial charge on any atom is 0.226 e. The smallest absolute Gasteiger partial charge is 0.226 e. The van der Waals surface area contributed by atoms with Crippen LogP contribution in [0.25, 0.3) is 0 Å². The third-order valence-electron chi connectivity index (χ3n) is 3.89. The Labute approximate surface area is 128 Å². The van der Waals surface area contributed by atoms with Crippen LogP contribution in [0.4, 0.5) is 11.8 Å². The maximum absolute atomic E-state index is 4.63. The Morgan fingerprint density at radius 1 is 1.29 bits per heavy atom. The SMILES string of the molecule is CN(C)c1nccc(N2CCC(CNC(C)(C)C)CC2)n1. The Bertz CT molecular complexity index is 444. The minimum atomic E-state index is 0.213. The summed E-state index contributed by atoms with van der Waals surface area (Å²) in [6.07, 6.45) is 4.31. The van der Waals surface area contributed by atoms with Crippen LogP contribution in [0.5, 0.6) is 0 Å². The molecule has 0 amide bonds. The quantitative estimate of drug-likeness (QED) is 0.921. The monoisotopic (exact) mass is 291 g/mol. The van der Waals surface area contributed by atoms with Crippen LogP contribution in [0.2, 0.25) is 0 Å². The van der Waals surface area contributed by atoms with E-state index in [2.05, 4.69) is 41.0 Å². The van der Waals surface area contributed by atoms with E-state index in [1.165, 1.54) is 12.8 Å². The summed E-state index contributed by atoms with van der Waals surface area (Å²) >= 11 is 0. The number of hydrogen-bond donors (Lipinski definition) is 1. The van der Waals surface area contributed by atoms with Crippen LogP contribution in [-0.2, 0) is 0 Å². The van der Waals surface area contributed by atoms with Crippen molar-refractivity contribution in [3.8, 4) is 0 Å². The first-order valence-electron chi connectivity index (χ1n) is 7.85. The zero-order valence-corrected chi connectivity index (χ0v) is 14.1. The number of piperidine rings is 1. The van der Waals surface area contributed by atoms with Crippen molar-refractivity contribution in [2.75, 3.05) is 43.5 Å². The molecule has 5 heteroatoms. The van der Waals surface area contributed by atoms with Gasteiger partial charge in [0.2, 0.25) is 5.95 Å². The van der Waals surface area contributed by atoms with Gasteiger partial charge in [-0.3, -0.25) is 0 Å². The Balaban J connectivity index is 1.87. The molecule has 2 heterocycles. The van der Waals surface area contributed by atoms with Gasteiger partial charge in [-0.25, -0.2) is 4.98 Å². The molecule has 1 N–H and O–H groups in total. The van der Waals surface area contributed by atoms with E-state index in [1.54, 1.807) is 0 Å². The van der Waals surface area contributed by atoms with Gasteiger partial charge in [-0.2, -0.15) is 4.98 Å². The molecular formula is C16H29N5. The number of nitrogens with one attached hydrogen (secondary N) is 1. The Kier molecular flexibility index (Phi) is 5.04. The minimum absolute atomic E-state index is 0.213. The third kappa shape index (κ3) is 4.84. The second kappa shape index (κ2) is 6.60. The summed E-state index contributed by atoms with van der Waals surface area (Å²) in [6, 6.07) is 2.01. The van der Waals surface area contributed by atoms with Gasteiger partial charge < -0.3 is 15.1 Å². The van der Waals surface area contributed by atoms with E-state index >= 15 is 0 Å². The zero-order chi connectivity index (χ0) is 15.5. The van der Waals surface area contributed by atoms with Crippen molar-refractivity contribution in [2.45, 2.75) is 39.2 Å². The molecular weight excluding hydrogens is 262 g/mol. The predicted molar refractivity (Wildman–Crippen MR) is 89.1 cm³/mol. The van der Waals surface area contributed by atoms with Crippen LogP contribution in [0.1, 0.15) is 33.6 Å². The Morgan fingerprint density at radius 3 is 2.52 bits per heavy atom. The molecule has 0 atom stereocenters. The van der Waals surface area contributed by atoms with Crippen molar-refractivity contribution in [2.24, 2.45) is 5.92 Å². The largest absolute Gasteiger partial charge is 0.356 e. The summed E-state index contributed by atoms with van der Waals surface area (Å²) in [6.45, 7) is 9.97. The van der Waals surface area contributed by atoms with Crippen LogP contribution in [0, 0.1) is 5.92 Å². The molecule has 0 saturated carbocycles. The molecule has 0 bridgehead atoms. The summed E-state index contributed by atoms with van der Waals surface area (Å²) in [4.78, 5) is 13.2. The molecule has 2 rings (SSSR count). The van der Waals surface area contributed by atoms with Crippen molar-refractivity contribution < 1.29 is 0 Å². The summed E-state index contributed by atoms with van der Waals surface area (Å²) in [5.74, 6) is 2.61. The molecule has 118 valence electrons. The molecule has 21 heavy (non-hydrogen) atoms. The summed E-state index contributed by atoms with van der Waals surface area (Å²) < 4.78 is 0. The molecule has 0 radical (unpaired) electrons. The predicted octanol–water partition coefficient (Wildman–Crippen LogP) is 2.15. The molecule has 0 unspecified atom stereocenters. The number of nitrogens with zero attached hydrogens (tertiary/aromatic N) is 4. The number of hydrogen-bond acceptors (Lipinski definition) is 5. The lowest BCUT2D eigenvalue weighted by Gasteiger charge is -2.34. The number of anilines is 2. The van der Waals surface area contributed by atoms with Gasteiger partial charge in [-0.15, -0.1) is 0 Å². The van der Waals surface area contributed by atoms with Gasteiger partial charge in [0.05, 0.1) is 0 Å². The van der Waals surface area contributed by atoms with Crippen molar-refractivity contribution in [1.82, 2.24) is 15.3 Å². The molecule has 1 fully saturated rings. The highest BCUT2D eigenvalue weighted by molar-refractivity contribution is 5.43. The van der Waals surface area contributed by atoms with Crippen molar-refractivity contribution >= 4 is 11.8 Å². The zero-order valence-electron chi connectivity index (χ0n) is 14.1. The van der Waals surface area contributed by atoms with E-state index in [0.29, 0.717) is 0 Å². The summed E-state index contributed by atoms with van der Waals surface area (Å²) in [7, 11) is 3.95. The van der Waals surface area contributed by atoms with E-state index in [1.807, 2.05) is 31.3 Å². The summed E-state index contributed by atoms with van der Waals surface area (Å²) in [5, 5.41) is 3.62. The fourth-order valence-electron chi connectivity index (χ4n) is 2.55. The third-order valence-corrected chi connectivity index (χ3v) is 3.89. The Hall–Kier alpha value is -1.36. The lowest BCUT2D eigenvalue weighted by atomic mass is 9.95. The van der Waals surface area contributed by atoms with Gasteiger partial charge in [0.25, 0.3) is 0 Å². The molecule has 0 spiro atoms. The van der Waals surface area contributed by atoms with Crippen molar-refractivity contribution in [1.29, 1.82) is 0 Å². The van der Waals surface area contributed by atoms with Crippen LogP contribution in [-0.4, -0.2) is 49.2 Å². The van der Waals surface area contributed by atoms with Gasteiger partial charge >= 0.3 is 0 Å². The van der Waals surface area contributed by atoms with Gasteiger partial charge in [-0.1, -0.05) is 0 Å². The highest BCUT2D eigenvalue weighted by atomic mass is 15.3. The summed E-state index contributed by atoms with van der Waals surface area (Å²) in [5.41, 5.74) is 0.213. The van der Waals surface area contributed by atoms with Gasteiger partial charge in [0.15, 0.2) is 0 Å². The van der Waals surface area contributed by atoms with E-state index in [4.69, 9.17) is 0 Å². The normalized spacial score (nSPS) is 17.1. The molecule has 1 aliphatic heterocycles. The maximum atomic E-state index is 4.63. The van der Waals surface area contributed by atoms with Crippen LogP contribution in [0.15, 0.2) is 12.3 Å². The first-order valence-corrected chi connectivity index (χ1v) is 7.85. The molecule has 1 aromatic heterocycles. The second-order valence-corrected chi connectivity index (χ2v) is 7.17. The molecule has 0 aliphatic carbocycles. The topological polar surface area (TPSA) is 44.3 Å². The molecule has 1 saturated heterocycles. The second-order valence-electron chi connectivity index (χ2n) is 7.17. The van der Waals surface area contributed by atoms with Crippen molar-refractivity contribution in [3.05, 3.63) is 12.3 Å². The lowest BCUT2D eigenvalue weighted by Crippen LogP contribution is -2.43. The lowest BCUT2D eigenvalue weighted by molar-refractivity contribution is 0.328. The average Bonchev–Trinajstić information content (AvgIpc) is 2.45. The highest BCUT2D eigenvalue weighted by Crippen LogP contribution is 2.22. The van der Waals surface area contributed by atoms with Gasteiger partial charge in [0.1, 0.15) is 5.82 Å². The standard InChI is InChI=1S/C16H29N5/c1-16(2,3)18-12-13-7-10-21(11-8-13)14-6-9-17-15(19-14)20(4)5/h6,9,13,18H,7-8,10-12H2,1-5H3. The highest BCUT2D eigenvalue weighted by Gasteiger charge is 2.22. The Morgan fingerprint density at radius 2 is 1.95 bits per heavy atom. The van der Waals surface area contributed by atoms with Crippen LogP contribution >= 0.6 is 0 Å². The average molecular weight is 291 g/mol. The van der Waals surface area contributed by atoms with Crippen LogP contribution < -0.4 is 15.1 Å².